The molecule has 2 amide bonds. The van der Waals surface area contributed by atoms with E-state index in [1.54, 1.807) is 21.1 Å². The van der Waals surface area contributed by atoms with Crippen LogP contribution in [0.2, 0.25) is 0 Å². The number of thiophene rings is 1. The molecule has 1 saturated heterocycles. The zero-order valence-corrected chi connectivity index (χ0v) is 13.8. The smallest absolute Gasteiger partial charge is 0.317 e. The Bertz CT molecular complexity index is 495. The van der Waals surface area contributed by atoms with Crippen LogP contribution in [0.1, 0.15) is 29.1 Å². The minimum atomic E-state index is -2.32. The number of hydrogen-bond acceptors (Lipinski definition) is 3. The summed E-state index contributed by atoms with van der Waals surface area (Å²) in [4.78, 5) is 18.1. The third-order valence-corrected chi connectivity index (χ3v) is 4.98. The number of aryl methyl sites for hydroxylation is 1. The van der Waals surface area contributed by atoms with Crippen molar-refractivity contribution in [2.45, 2.75) is 32.7 Å². The van der Waals surface area contributed by atoms with Crippen LogP contribution in [0, 0.1) is 6.92 Å². The Labute approximate surface area is 134 Å². The summed E-state index contributed by atoms with van der Waals surface area (Å²) in [5.74, 6) is 0. The normalized spacial score (nSPS) is 18.3. The van der Waals surface area contributed by atoms with Crippen molar-refractivity contribution >= 4 is 17.4 Å². The van der Waals surface area contributed by atoms with E-state index < -0.39 is 6.43 Å². The number of alkyl halides is 2. The van der Waals surface area contributed by atoms with E-state index in [1.165, 1.54) is 4.88 Å². The molecule has 1 atom stereocenters. The fourth-order valence-electron chi connectivity index (χ4n) is 2.59. The molecule has 4 nitrogen and oxygen atoms in total. The Kier molecular flexibility index (Phi) is 6.14. The zero-order chi connectivity index (χ0) is 16.1. The van der Waals surface area contributed by atoms with Crippen molar-refractivity contribution in [1.82, 2.24) is 15.1 Å². The van der Waals surface area contributed by atoms with Crippen LogP contribution in [-0.2, 0) is 0 Å². The first kappa shape index (κ1) is 17.1. The number of carbonyl (C=O) groups excluding carboxylic acids is 1. The maximum Gasteiger partial charge on any atom is 0.317 e. The van der Waals surface area contributed by atoms with Gasteiger partial charge in [0.1, 0.15) is 0 Å². The van der Waals surface area contributed by atoms with Crippen LogP contribution in [0.25, 0.3) is 0 Å². The largest absolute Gasteiger partial charge is 0.331 e. The van der Waals surface area contributed by atoms with Crippen LogP contribution in [0.3, 0.4) is 0 Å². The number of hydrogen-bond donors (Lipinski definition) is 1. The molecule has 0 radical (unpaired) electrons. The highest BCUT2D eigenvalue weighted by molar-refractivity contribution is 7.12. The van der Waals surface area contributed by atoms with Crippen LogP contribution in [0.15, 0.2) is 12.1 Å². The molecule has 0 saturated carbocycles. The molecule has 0 aromatic carbocycles. The second-order valence-corrected chi connectivity index (χ2v) is 6.97. The molecule has 7 heteroatoms. The van der Waals surface area contributed by atoms with Crippen LogP contribution in [-0.4, -0.2) is 55.0 Å². The molecule has 1 aromatic heterocycles. The van der Waals surface area contributed by atoms with Gasteiger partial charge in [-0.25, -0.2) is 13.6 Å². The summed E-state index contributed by atoms with van der Waals surface area (Å²) in [6, 6.07) is 3.92. The van der Waals surface area contributed by atoms with Crippen LogP contribution < -0.4 is 5.32 Å². The summed E-state index contributed by atoms with van der Waals surface area (Å²) in [5, 5.41) is 2.99. The highest BCUT2D eigenvalue weighted by Gasteiger charge is 2.22. The second kappa shape index (κ2) is 7.87. The molecule has 1 fully saturated rings. The van der Waals surface area contributed by atoms with Gasteiger partial charge in [-0.15, -0.1) is 11.3 Å². The van der Waals surface area contributed by atoms with Crippen molar-refractivity contribution in [2.75, 3.05) is 32.7 Å². The van der Waals surface area contributed by atoms with E-state index >= 15 is 0 Å². The predicted octanol–water partition coefficient (Wildman–Crippen LogP) is 3.10. The molecule has 22 heavy (non-hydrogen) atoms. The third-order valence-electron chi connectivity index (χ3n) is 3.80. The molecule has 1 aliphatic rings. The summed E-state index contributed by atoms with van der Waals surface area (Å²) in [6.07, 6.45) is -1.59. The van der Waals surface area contributed by atoms with Crippen molar-refractivity contribution in [3.8, 4) is 0 Å². The first-order chi connectivity index (χ1) is 10.5. The van der Waals surface area contributed by atoms with Gasteiger partial charge in [0.15, 0.2) is 0 Å². The van der Waals surface area contributed by atoms with Crippen LogP contribution >= 0.6 is 11.3 Å². The number of carbonyl (C=O) groups is 1. The fourth-order valence-corrected chi connectivity index (χ4v) is 3.47. The molecule has 0 spiro atoms. The average Bonchev–Trinajstić information content (AvgIpc) is 2.74. The lowest BCUT2D eigenvalue weighted by atomic mass is 10.3. The topological polar surface area (TPSA) is 35.6 Å². The van der Waals surface area contributed by atoms with Gasteiger partial charge in [0.2, 0.25) is 0 Å². The highest BCUT2D eigenvalue weighted by Crippen LogP contribution is 2.22. The molecule has 1 N–H and O–H groups in total. The molecule has 0 aliphatic carbocycles. The Morgan fingerprint density at radius 2 is 2.09 bits per heavy atom. The fraction of sp³-hybridized carbons (Fsp3) is 0.667. The summed E-state index contributed by atoms with van der Waals surface area (Å²) in [7, 11) is 0. The molecular weight excluding hydrogens is 308 g/mol. The standard InChI is InChI=1S/C15H23F2N3OS/c1-11-4-5-13(22-11)12(2)18-15(21)20-7-3-6-19(8-9-20)10-14(16)17/h4-5,12,14H,3,6-10H2,1-2H3,(H,18,21)/t12-/m0/s1. The summed E-state index contributed by atoms with van der Waals surface area (Å²) in [6.45, 7) is 6.02. The predicted molar refractivity (Wildman–Crippen MR) is 84.6 cm³/mol. The molecule has 124 valence electrons. The van der Waals surface area contributed by atoms with E-state index in [-0.39, 0.29) is 18.6 Å². The maximum atomic E-state index is 12.4. The number of halogens is 2. The van der Waals surface area contributed by atoms with Crippen molar-refractivity contribution in [1.29, 1.82) is 0 Å². The first-order valence-corrected chi connectivity index (χ1v) is 8.39. The van der Waals surface area contributed by atoms with E-state index in [1.807, 2.05) is 26.0 Å². The first-order valence-electron chi connectivity index (χ1n) is 7.58. The van der Waals surface area contributed by atoms with Gasteiger partial charge in [-0.3, -0.25) is 4.90 Å². The van der Waals surface area contributed by atoms with Gasteiger partial charge >= 0.3 is 6.03 Å². The average molecular weight is 331 g/mol. The SMILES string of the molecule is Cc1ccc([C@H](C)NC(=O)N2CCCN(CC(F)F)CC2)s1. The molecule has 0 unspecified atom stereocenters. The Balaban J connectivity index is 1.84. The summed E-state index contributed by atoms with van der Waals surface area (Å²) < 4.78 is 24.9. The van der Waals surface area contributed by atoms with Gasteiger partial charge in [0.05, 0.1) is 12.6 Å². The second-order valence-electron chi connectivity index (χ2n) is 5.65. The van der Waals surface area contributed by atoms with Gasteiger partial charge in [0, 0.05) is 35.9 Å². The number of amides is 2. The van der Waals surface area contributed by atoms with E-state index in [9.17, 15) is 13.6 Å². The number of urea groups is 1. The van der Waals surface area contributed by atoms with Gasteiger partial charge in [-0.2, -0.15) is 0 Å². The zero-order valence-electron chi connectivity index (χ0n) is 13.0. The van der Waals surface area contributed by atoms with Gasteiger partial charge < -0.3 is 10.2 Å². The molecule has 0 bridgehead atoms. The third kappa shape index (κ3) is 4.91. The van der Waals surface area contributed by atoms with E-state index in [4.69, 9.17) is 0 Å². The van der Waals surface area contributed by atoms with Gasteiger partial charge in [-0.05, 0) is 32.4 Å². The van der Waals surface area contributed by atoms with Crippen LogP contribution in [0.4, 0.5) is 13.6 Å². The van der Waals surface area contributed by atoms with Crippen molar-refractivity contribution < 1.29 is 13.6 Å². The van der Waals surface area contributed by atoms with E-state index in [0.717, 1.165) is 11.3 Å². The summed E-state index contributed by atoms with van der Waals surface area (Å²) in [5.41, 5.74) is 0. The maximum absolute atomic E-state index is 12.4. The minimum absolute atomic E-state index is 0.0355. The highest BCUT2D eigenvalue weighted by atomic mass is 32.1. The molecule has 1 aliphatic heterocycles. The molecule has 2 rings (SSSR count). The van der Waals surface area contributed by atoms with E-state index in [0.29, 0.717) is 26.2 Å². The number of rotatable bonds is 4. The number of nitrogens with one attached hydrogen (secondary N) is 1. The summed E-state index contributed by atoms with van der Waals surface area (Å²) >= 11 is 1.67. The molecule has 2 heterocycles. The van der Waals surface area contributed by atoms with Crippen molar-refractivity contribution in [3.05, 3.63) is 21.9 Å². The lowest BCUT2D eigenvalue weighted by Gasteiger charge is -2.24. The van der Waals surface area contributed by atoms with E-state index in [2.05, 4.69) is 5.32 Å². The monoisotopic (exact) mass is 331 g/mol. The lowest BCUT2D eigenvalue weighted by Crippen LogP contribution is -2.43. The molecular formula is C15H23F2N3OS. The Hall–Kier alpha value is -1.21. The van der Waals surface area contributed by atoms with Crippen molar-refractivity contribution in [3.63, 3.8) is 0 Å². The Morgan fingerprint density at radius 1 is 1.32 bits per heavy atom. The molecule has 1 aromatic rings. The number of nitrogens with zero attached hydrogens (tertiary/aromatic N) is 2. The lowest BCUT2D eigenvalue weighted by molar-refractivity contribution is 0.0903. The van der Waals surface area contributed by atoms with Gasteiger partial charge in [-0.1, -0.05) is 0 Å². The van der Waals surface area contributed by atoms with Gasteiger partial charge in [0.25, 0.3) is 6.43 Å². The quantitative estimate of drug-likeness (QED) is 0.920. The van der Waals surface area contributed by atoms with Crippen LogP contribution in [0.5, 0.6) is 0 Å². The van der Waals surface area contributed by atoms with Crippen molar-refractivity contribution in [2.24, 2.45) is 0 Å². The minimum Gasteiger partial charge on any atom is -0.331 e. The Morgan fingerprint density at radius 3 is 2.73 bits per heavy atom.